The largest absolute Gasteiger partial charge is 0.503 e. The Bertz CT molecular complexity index is 823. The number of esters is 1. The maximum Gasteiger partial charge on any atom is 0.338 e. The van der Waals surface area contributed by atoms with Crippen molar-refractivity contribution in [2.75, 3.05) is 7.11 Å². The molecule has 0 unspecified atom stereocenters. The minimum atomic E-state index is -0.715. The van der Waals surface area contributed by atoms with Crippen molar-refractivity contribution in [1.29, 1.82) is 0 Å². The van der Waals surface area contributed by atoms with Gasteiger partial charge < -0.3 is 25.2 Å². The van der Waals surface area contributed by atoms with Gasteiger partial charge in [-0.25, -0.2) is 9.59 Å². The van der Waals surface area contributed by atoms with Crippen molar-refractivity contribution in [2.45, 2.75) is 51.7 Å². The lowest BCUT2D eigenvalue weighted by Crippen LogP contribution is -2.45. The van der Waals surface area contributed by atoms with Crippen molar-refractivity contribution in [1.82, 2.24) is 10.6 Å². The number of methoxy groups -OCH3 is 1. The quantitative estimate of drug-likeness (QED) is 0.601. The number of amides is 2. The summed E-state index contributed by atoms with van der Waals surface area (Å²) in [4.78, 5) is 25.1. The van der Waals surface area contributed by atoms with Gasteiger partial charge in [0, 0.05) is 5.70 Å². The number of nitrogens with one attached hydrogen (secondary N) is 2. The third-order valence-corrected chi connectivity index (χ3v) is 5.86. The molecule has 0 radical (unpaired) electrons. The molecule has 2 amide bonds. The topological polar surface area (TPSA) is 96.9 Å². The molecule has 0 bridgehead atoms. The predicted octanol–water partition coefficient (Wildman–Crippen LogP) is 3.91. The Labute approximate surface area is 172 Å². The molecule has 1 aliphatic carbocycles. The normalized spacial score (nSPS) is 25.0. The van der Waals surface area contributed by atoms with E-state index in [0.29, 0.717) is 27.2 Å². The number of hydrogen-bond donors (Lipinski definition) is 3. The van der Waals surface area contributed by atoms with Gasteiger partial charge >= 0.3 is 12.0 Å². The van der Waals surface area contributed by atoms with E-state index in [1.165, 1.54) is 7.11 Å². The smallest absolute Gasteiger partial charge is 0.338 e. The summed E-state index contributed by atoms with van der Waals surface area (Å²) in [6.45, 7) is 3.84. The summed E-state index contributed by atoms with van der Waals surface area (Å²) >= 11 is 3.29. The summed E-state index contributed by atoms with van der Waals surface area (Å²) in [6.07, 6.45) is 3.78. The van der Waals surface area contributed by atoms with Crippen LogP contribution in [-0.2, 0) is 9.53 Å². The molecule has 7 nitrogen and oxygen atoms in total. The number of allylic oxidation sites excluding steroid dienone is 1. The summed E-state index contributed by atoms with van der Waals surface area (Å²) in [5.74, 6) is 0.271. The lowest BCUT2D eigenvalue weighted by Gasteiger charge is -2.31. The molecule has 1 fully saturated rings. The van der Waals surface area contributed by atoms with Gasteiger partial charge in [0.25, 0.3) is 0 Å². The minimum absolute atomic E-state index is 0.0486. The van der Waals surface area contributed by atoms with Crippen LogP contribution in [0.15, 0.2) is 27.9 Å². The first-order chi connectivity index (χ1) is 13.3. The van der Waals surface area contributed by atoms with Crippen LogP contribution < -0.4 is 15.4 Å². The second-order valence-corrected chi connectivity index (χ2v) is 8.28. The van der Waals surface area contributed by atoms with Gasteiger partial charge in [-0.3, -0.25) is 0 Å². The Morgan fingerprint density at radius 3 is 2.75 bits per heavy atom. The third-order valence-electron chi connectivity index (χ3n) is 5.26. The van der Waals surface area contributed by atoms with Gasteiger partial charge in [0.05, 0.1) is 23.2 Å². The highest BCUT2D eigenvalue weighted by Gasteiger charge is 2.34. The van der Waals surface area contributed by atoms with Crippen molar-refractivity contribution >= 4 is 27.9 Å². The average Bonchev–Trinajstić information content (AvgIpc) is 2.63. The molecule has 1 saturated carbocycles. The van der Waals surface area contributed by atoms with Crippen molar-refractivity contribution in [3.63, 3.8) is 0 Å². The van der Waals surface area contributed by atoms with Gasteiger partial charge in [0.2, 0.25) is 0 Å². The van der Waals surface area contributed by atoms with Crippen molar-refractivity contribution in [3.8, 4) is 11.5 Å². The van der Waals surface area contributed by atoms with Crippen LogP contribution in [0.25, 0.3) is 0 Å². The van der Waals surface area contributed by atoms with Crippen molar-refractivity contribution in [2.24, 2.45) is 5.92 Å². The molecular weight excluding hydrogens is 428 g/mol. The molecule has 1 aromatic carbocycles. The second kappa shape index (κ2) is 8.43. The first kappa shape index (κ1) is 20.5. The average molecular weight is 453 g/mol. The molecule has 1 aromatic rings. The summed E-state index contributed by atoms with van der Waals surface area (Å²) in [7, 11) is 1.44. The number of halogens is 1. The fourth-order valence-corrected chi connectivity index (χ4v) is 4.29. The number of phenols is 1. The summed E-state index contributed by atoms with van der Waals surface area (Å²) < 4.78 is 11.4. The summed E-state index contributed by atoms with van der Waals surface area (Å²) in [6, 6.07) is 2.12. The Kier molecular flexibility index (Phi) is 6.17. The van der Waals surface area contributed by atoms with Crippen LogP contribution in [0.4, 0.5) is 4.79 Å². The van der Waals surface area contributed by atoms with Gasteiger partial charge in [-0.15, -0.1) is 0 Å². The fraction of sp³-hybridized carbons (Fsp3) is 0.500. The van der Waals surface area contributed by atoms with E-state index in [2.05, 4.69) is 33.5 Å². The zero-order chi connectivity index (χ0) is 20.4. The first-order valence-corrected chi connectivity index (χ1v) is 10.1. The molecule has 2 aliphatic rings. The zero-order valence-electron chi connectivity index (χ0n) is 16.2. The minimum Gasteiger partial charge on any atom is -0.503 e. The number of aromatic hydroxyl groups is 1. The summed E-state index contributed by atoms with van der Waals surface area (Å²) in [5.41, 5.74) is 1.39. The number of carbonyl (C=O) groups is 2. The van der Waals surface area contributed by atoms with E-state index in [1.54, 1.807) is 19.1 Å². The van der Waals surface area contributed by atoms with Gasteiger partial charge in [-0.1, -0.05) is 13.3 Å². The van der Waals surface area contributed by atoms with E-state index < -0.39 is 18.0 Å². The molecule has 3 atom stereocenters. The standard InChI is InChI=1S/C20H25BrN2O5/c1-10-5-4-6-13(7-10)28-19(25)16-11(2)22-20(26)23-17(16)12-8-14(21)18(24)15(9-12)27-3/h8-10,13,17,24H,4-7H2,1-3H3,(H2,22,23,26)/t10-,13-,17-/m1/s1. The van der Waals surface area contributed by atoms with Crippen LogP contribution in [0.5, 0.6) is 11.5 Å². The molecule has 0 saturated heterocycles. The number of benzene rings is 1. The lowest BCUT2D eigenvalue weighted by molar-refractivity contribution is -0.146. The molecule has 1 heterocycles. The molecule has 8 heteroatoms. The van der Waals surface area contributed by atoms with E-state index in [4.69, 9.17) is 9.47 Å². The van der Waals surface area contributed by atoms with Crippen LogP contribution in [-0.4, -0.2) is 30.3 Å². The maximum atomic E-state index is 13.0. The highest BCUT2D eigenvalue weighted by molar-refractivity contribution is 9.10. The molecule has 3 N–H and O–H groups in total. The molecule has 1 aliphatic heterocycles. The molecule has 152 valence electrons. The van der Waals surface area contributed by atoms with Crippen LogP contribution in [0.2, 0.25) is 0 Å². The van der Waals surface area contributed by atoms with E-state index in [-0.39, 0.29) is 17.6 Å². The van der Waals surface area contributed by atoms with Gasteiger partial charge in [-0.05, 0) is 65.7 Å². The molecule has 0 spiro atoms. The van der Waals surface area contributed by atoms with Gasteiger partial charge in [-0.2, -0.15) is 0 Å². The second-order valence-electron chi connectivity index (χ2n) is 7.42. The van der Waals surface area contributed by atoms with E-state index in [0.717, 1.165) is 25.7 Å². The highest BCUT2D eigenvalue weighted by atomic mass is 79.9. The number of rotatable bonds is 4. The van der Waals surface area contributed by atoms with Crippen LogP contribution in [0.3, 0.4) is 0 Å². The number of urea groups is 1. The van der Waals surface area contributed by atoms with E-state index >= 15 is 0 Å². The number of phenolic OH excluding ortho intramolecular Hbond substituents is 1. The van der Waals surface area contributed by atoms with Crippen LogP contribution >= 0.6 is 15.9 Å². The van der Waals surface area contributed by atoms with E-state index in [1.807, 2.05) is 0 Å². The van der Waals surface area contributed by atoms with Crippen molar-refractivity contribution in [3.05, 3.63) is 33.4 Å². The zero-order valence-corrected chi connectivity index (χ0v) is 17.8. The number of carbonyl (C=O) groups excluding carboxylic acids is 2. The number of hydrogen-bond acceptors (Lipinski definition) is 5. The molecule has 0 aromatic heterocycles. The van der Waals surface area contributed by atoms with Gasteiger partial charge in [0.15, 0.2) is 11.5 Å². The first-order valence-electron chi connectivity index (χ1n) is 9.35. The van der Waals surface area contributed by atoms with Crippen molar-refractivity contribution < 1.29 is 24.2 Å². The predicted molar refractivity (Wildman–Crippen MR) is 107 cm³/mol. The van der Waals surface area contributed by atoms with Crippen LogP contribution in [0.1, 0.15) is 51.1 Å². The summed E-state index contributed by atoms with van der Waals surface area (Å²) in [5, 5.41) is 15.5. The fourth-order valence-electron chi connectivity index (χ4n) is 3.83. The molecule has 28 heavy (non-hydrogen) atoms. The molecular formula is C20H25BrN2O5. The molecule has 3 rings (SSSR count). The lowest BCUT2D eigenvalue weighted by atomic mass is 9.88. The van der Waals surface area contributed by atoms with Crippen LogP contribution in [0, 0.1) is 5.92 Å². The Hall–Kier alpha value is -2.22. The Morgan fingerprint density at radius 2 is 2.07 bits per heavy atom. The number of ether oxygens (including phenoxy) is 2. The highest BCUT2D eigenvalue weighted by Crippen LogP contribution is 2.39. The van der Waals surface area contributed by atoms with Gasteiger partial charge in [0.1, 0.15) is 6.10 Å². The monoisotopic (exact) mass is 452 g/mol. The third kappa shape index (κ3) is 4.27. The SMILES string of the molecule is COc1cc([C@H]2NC(=O)NC(C)=C2C(=O)O[C@@H]2CCC[C@@H](C)C2)cc(Br)c1O. The Balaban J connectivity index is 1.93. The Morgan fingerprint density at radius 1 is 1.32 bits per heavy atom. The maximum absolute atomic E-state index is 13.0. The van der Waals surface area contributed by atoms with E-state index in [9.17, 15) is 14.7 Å².